The molecule has 0 unspecified atom stereocenters. The molecule has 0 bridgehead atoms. The lowest BCUT2D eigenvalue weighted by Crippen LogP contribution is -2.26. The number of methoxy groups -OCH3 is 3. The molecule has 126 valence electrons. The zero-order valence-electron chi connectivity index (χ0n) is 14.1. The van der Waals surface area contributed by atoms with Gasteiger partial charge in [0.05, 0.1) is 21.3 Å². The third kappa shape index (κ3) is 4.41. The van der Waals surface area contributed by atoms with Gasteiger partial charge < -0.3 is 19.5 Å². The highest BCUT2D eigenvalue weighted by atomic mass is 16.5. The van der Waals surface area contributed by atoms with Gasteiger partial charge in [-0.15, -0.1) is 0 Å². The SMILES string of the molecule is COc1cc(OC)c(C(=O)NCCC2=CCCCC2)c(OC)c1. The van der Waals surface area contributed by atoms with Gasteiger partial charge in [0.2, 0.25) is 0 Å². The van der Waals surface area contributed by atoms with Crippen molar-refractivity contribution in [3.05, 3.63) is 29.3 Å². The molecule has 0 saturated carbocycles. The maximum atomic E-state index is 12.5. The summed E-state index contributed by atoms with van der Waals surface area (Å²) in [6, 6.07) is 3.36. The zero-order chi connectivity index (χ0) is 16.7. The van der Waals surface area contributed by atoms with E-state index in [1.165, 1.54) is 32.6 Å². The molecule has 5 heteroatoms. The summed E-state index contributed by atoms with van der Waals surface area (Å²) in [4.78, 5) is 12.5. The number of nitrogens with one attached hydrogen (secondary N) is 1. The first-order valence-corrected chi connectivity index (χ1v) is 7.95. The summed E-state index contributed by atoms with van der Waals surface area (Å²) >= 11 is 0. The lowest BCUT2D eigenvalue weighted by molar-refractivity contribution is 0.0947. The topological polar surface area (TPSA) is 56.8 Å². The Labute approximate surface area is 137 Å². The molecule has 1 aliphatic rings. The Balaban J connectivity index is 2.07. The Morgan fingerprint density at radius 1 is 1.09 bits per heavy atom. The average molecular weight is 319 g/mol. The Morgan fingerprint density at radius 2 is 1.78 bits per heavy atom. The van der Waals surface area contributed by atoms with Gasteiger partial charge in [-0.05, 0) is 32.1 Å². The average Bonchev–Trinajstić information content (AvgIpc) is 2.61. The normalized spacial score (nSPS) is 14.0. The van der Waals surface area contributed by atoms with Gasteiger partial charge in [0.1, 0.15) is 22.8 Å². The second kappa shape index (κ2) is 8.46. The lowest BCUT2D eigenvalue weighted by atomic mass is 9.97. The Hall–Kier alpha value is -2.17. The van der Waals surface area contributed by atoms with Crippen LogP contribution in [0.5, 0.6) is 17.2 Å². The van der Waals surface area contributed by atoms with Crippen molar-refractivity contribution in [3.8, 4) is 17.2 Å². The van der Waals surface area contributed by atoms with E-state index in [2.05, 4.69) is 11.4 Å². The number of ether oxygens (including phenoxy) is 3. The smallest absolute Gasteiger partial charge is 0.258 e. The molecule has 0 aliphatic heterocycles. The summed E-state index contributed by atoms with van der Waals surface area (Å²) in [6.07, 6.45) is 8.02. The van der Waals surface area contributed by atoms with Crippen LogP contribution in [0.1, 0.15) is 42.5 Å². The minimum absolute atomic E-state index is 0.197. The first kappa shape index (κ1) is 17.2. The number of hydrogen-bond acceptors (Lipinski definition) is 4. The molecule has 1 aromatic carbocycles. The molecule has 1 aliphatic carbocycles. The van der Waals surface area contributed by atoms with Crippen molar-refractivity contribution in [2.24, 2.45) is 0 Å². The lowest BCUT2D eigenvalue weighted by Gasteiger charge is -2.16. The third-order valence-corrected chi connectivity index (χ3v) is 4.06. The van der Waals surface area contributed by atoms with Gasteiger partial charge in [-0.3, -0.25) is 4.79 Å². The van der Waals surface area contributed by atoms with E-state index in [1.807, 2.05) is 0 Å². The van der Waals surface area contributed by atoms with Crippen LogP contribution in [-0.2, 0) is 0 Å². The number of carbonyl (C=O) groups excluding carboxylic acids is 1. The molecule has 5 nitrogen and oxygen atoms in total. The predicted molar refractivity (Wildman–Crippen MR) is 89.6 cm³/mol. The maximum Gasteiger partial charge on any atom is 0.258 e. The monoisotopic (exact) mass is 319 g/mol. The Morgan fingerprint density at radius 3 is 2.30 bits per heavy atom. The van der Waals surface area contributed by atoms with Crippen molar-refractivity contribution >= 4 is 5.91 Å². The summed E-state index contributed by atoms with van der Waals surface area (Å²) in [5.41, 5.74) is 1.83. The molecule has 1 aromatic rings. The van der Waals surface area contributed by atoms with Gasteiger partial charge in [-0.25, -0.2) is 0 Å². The second-order valence-electron chi connectivity index (χ2n) is 5.52. The molecular weight excluding hydrogens is 294 g/mol. The van der Waals surface area contributed by atoms with Gasteiger partial charge >= 0.3 is 0 Å². The van der Waals surface area contributed by atoms with E-state index in [0.717, 1.165) is 19.3 Å². The predicted octanol–water partition coefficient (Wildman–Crippen LogP) is 3.33. The fourth-order valence-electron chi connectivity index (χ4n) is 2.79. The van der Waals surface area contributed by atoms with Gasteiger partial charge in [0.15, 0.2) is 0 Å². The van der Waals surface area contributed by atoms with E-state index in [1.54, 1.807) is 19.2 Å². The molecule has 0 heterocycles. The van der Waals surface area contributed by atoms with Crippen LogP contribution in [0.3, 0.4) is 0 Å². The van der Waals surface area contributed by atoms with E-state index in [-0.39, 0.29) is 5.91 Å². The molecule has 0 aromatic heterocycles. The largest absolute Gasteiger partial charge is 0.496 e. The van der Waals surface area contributed by atoms with Gasteiger partial charge in [-0.2, -0.15) is 0 Å². The summed E-state index contributed by atoms with van der Waals surface area (Å²) in [5, 5.41) is 2.95. The molecule has 0 atom stereocenters. The van der Waals surface area contributed by atoms with Gasteiger partial charge in [0, 0.05) is 18.7 Å². The highest BCUT2D eigenvalue weighted by Crippen LogP contribution is 2.33. The molecule has 0 spiro atoms. The van der Waals surface area contributed by atoms with Crippen LogP contribution in [-0.4, -0.2) is 33.8 Å². The maximum absolute atomic E-state index is 12.5. The van der Waals surface area contributed by atoms with Crippen LogP contribution in [0.2, 0.25) is 0 Å². The second-order valence-corrected chi connectivity index (χ2v) is 5.52. The number of benzene rings is 1. The summed E-state index contributed by atoms with van der Waals surface area (Å²) in [7, 11) is 4.61. The number of amides is 1. The van der Waals surface area contributed by atoms with Crippen molar-refractivity contribution in [2.45, 2.75) is 32.1 Å². The molecule has 0 saturated heterocycles. The molecule has 1 amide bonds. The van der Waals surface area contributed by atoms with Crippen LogP contribution in [0.4, 0.5) is 0 Å². The highest BCUT2D eigenvalue weighted by molar-refractivity contribution is 6.00. The summed E-state index contributed by atoms with van der Waals surface area (Å²) in [6.45, 7) is 0.614. The molecule has 0 fully saturated rings. The molecule has 1 N–H and O–H groups in total. The van der Waals surface area contributed by atoms with Crippen LogP contribution in [0, 0.1) is 0 Å². The van der Waals surface area contributed by atoms with E-state index >= 15 is 0 Å². The Bertz CT molecular complexity index is 555. The highest BCUT2D eigenvalue weighted by Gasteiger charge is 2.20. The first-order valence-electron chi connectivity index (χ1n) is 7.95. The van der Waals surface area contributed by atoms with Crippen molar-refractivity contribution in [1.29, 1.82) is 0 Å². The summed E-state index contributed by atoms with van der Waals surface area (Å²) in [5.74, 6) is 1.27. The van der Waals surface area contributed by atoms with Gasteiger partial charge in [0.25, 0.3) is 5.91 Å². The van der Waals surface area contributed by atoms with Crippen LogP contribution >= 0.6 is 0 Å². The van der Waals surface area contributed by atoms with E-state index in [9.17, 15) is 4.79 Å². The van der Waals surface area contributed by atoms with Crippen molar-refractivity contribution in [1.82, 2.24) is 5.32 Å². The minimum atomic E-state index is -0.197. The first-order chi connectivity index (χ1) is 11.2. The number of carbonyl (C=O) groups is 1. The van der Waals surface area contributed by atoms with Crippen molar-refractivity contribution in [3.63, 3.8) is 0 Å². The van der Waals surface area contributed by atoms with Crippen LogP contribution in [0.15, 0.2) is 23.8 Å². The standard InChI is InChI=1S/C18H25NO4/c1-21-14-11-15(22-2)17(16(12-14)23-3)18(20)19-10-9-13-7-5-4-6-8-13/h7,11-12H,4-6,8-10H2,1-3H3,(H,19,20). The van der Waals surface area contributed by atoms with E-state index in [4.69, 9.17) is 14.2 Å². The number of rotatable bonds is 7. The van der Waals surface area contributed by atoms with Crippen LogP contribution < -0.4 is 19.5 Å². The summed E-state index contributed by atoms with van der Waals surface area (Å²) < 4.78 is 15.8. The van der Waals surface area contributed by atoms with Crippen molar-refractivity contribution < 1.29 is 19.0 Å². The van der Waals surface area contributed by atoms with E-state index in [0.29, 0.717) is 29.4 Å². The minimum Gasteiger partial charge on any atom is -0.496 e. The van der Waals surface area contributed by atoms with E-state index < -0.39 is 0 Å². The molecule has 23 heavy (non-hydrogen) atoms. The zero-order valence-corrected chi connectivity index (χ0v) is 14.1. The molecule has 0 radical (unpaired) electrons. The number of hydrogen-bond donors (Lipinski definition) is 1. The van der Waals surface area contributed by atoms with Gasteiger partial charge in [-0.1, -0.05) is 11.6 Å². The third-order valence-electron chi connectivity index (χ3n) is 4.06. The van der Waals surface area contributed by atoms with Crippen LogP contribution in [0.25, 0.3) is 0 Å². The fourth-order valence-corrected chi connectivity index (χ4v) is 2.79. The molecule has 2 rings (SSSR count). The quantitative estimate of drug-likeness (QED) is 0.783. The van der Waals surface area contributed by atoms with Crippen molar-refractivity contribution in [2.75, 3.05) is 27.9 Å². The fraction of sp³-hybridized carbons (Fsp3) is 0.500. The Kier molecular flexibility index (Phi) is 6.32. The molecular formula is C18H25NO4. The number of allylic oxidation sites excluding steroid dienone is 1.